The average molecular weight is 282 g/mol. The average Bonchev–Trinajstić information content (AvgIpc) is 2.28. The molecule has 6 heteroatoms. The Morgan fingerprint density at radius 1 is 1.42 bits per heavy atom. The summed E-state index contributed by atoms with van der Waals surface area (Å²) in [4.78, 5) is 3.80. The highest BCUT2D eigenvalue weighted by Gasteiger charge is 2.09. The predicted molar refractivity (Wildman–Crippen MR) is 78.8 cm³/mol. The second-order valence-corrected chi connectivity index (χ2v) is 5.94. The van der Waals surface area contributed by atoms with E-state index in [1.807, 2.05) is 19.9 Å². The summed E-state index contributed by atoms with van der Waals surface area (Å²) in [6.07, 6.45) is 1.12. The smallest absolute Gasteiger partial charge is 0.229 e. The van der Waals surface area contributed by atoms with Crippen molar-refractivity contribution in [2.24, 2.45) is 4.99 Å². The lowest BCUT2D eigenvalue weighted by molar-refractivity contribution is 0.291. The number of allylic oxidation sites excluding steroid dienone is 1. The van der Waals surface area contributed by atoms with Crippen LogP contribution in [0.5, 0.6) is 0 Å². The number of hydrogen-bond donors (Lipinski definition) is 1. The number of methoxy groups -OCH3 is 1. The van der Waals surface area contributed by atoms with Crippen molar-refractivity contribution in [3.8, 4) is 0 Å². The fourth-order valence-corrected chi connectivity index (χ4v) is 2.37. The van der Waals surface area contributed by atoms with Crippen LogP contribution in [0.3, 0.4) is 0 Å². The molecule has 0 bridgehead atoms. The first-order valence-corrected chi connectivity index (χ1v) is 7.48. The largest absolute Gasteiger partial charge is 0.481 e. The van der Waals surface area contributed by atoms with Crippen LogP contribution < -0.4 is 4.72 Å². The molecule has 0 amide bonds. The number of nitrogens with zero attached hydrogens (tertiary/aromatic N) is 1. The Morgan fingerprint density at radius 3 is 2.47 bits per heavy atom. The first-order chi connectivity index (χ1) is 8.78. The molecule has 1 aromatic rings. The topological polar surface area (TPSA) is 67.8 Å². The number of nitrogens with one attached hydrogen (secondary N) is 1. The maximum Gasteiger partial charge on any atom is 0.229 e. The van der Waals surface area contributed by atoms with Crippen molar-refractivity contribution in [1.82, 2.24) is 0 Å². The highest BCUT2D eigenvalue weighted by Crippen LogP contribution is 2.25. The van der Waals surface area contributed by atoms with Crippen LogP contribution in [-0.4, -0.2) is 28.5 Å². The van der Waals surface area contributed by atoms with Gasteiger partial charge >= 0.3 is 0 Å². The zero-order valence-corrected chi connectivity index (χ0v) is 12.3. The number of aliphatic imine (C=N–C) groups is 1. The quantitative estimate of drug-likeness (QED) is 0.666. The third-order valence-electron chi connectivity index (χ3n) is 2.59. The number of aryl methyl sites for hydroxylation is 1. The summed E-state index contributed by atoms with van der Waals surface area (Å²) < 4.78 is 29.9. The molecular weight excluding hydrogens is 264 g/mol. The molecule has 19 heavy (non-hydrogen) atoms. The Hall–Kier alpha value is -1.82. The minimum absolute atomic E-state index is 0.451. The monoisotopic (exact) mass is 282 g/mol. The standard InChI is InChI=1S/C13H18N2O3S/c1-9-8-11(15-19(5,16)17)6-7-12(9)10(2)13(14-3)18-4/h6-8,15H,3H2,1-2,4-5H3/b13-10-. The van der Waals surface area contributed by atoms with E-state index in [0.29, 0.717) is 11.6 Å². The maximum absolute atomic E-state index is 11.2. The zero-order valence-electron chi connectivity index (χ0n) is 11.5. The van der Waals surface area contributed by atoms with Crippen LogP contribution in [0.25, 0.3) is 5.57 Å². The second kappa shape index (κ2) is 5.88. The van der Waals surface area contributed by atoms with Gasteiger partial charge in [0.1, 0.15) is 0 Å². The molecule has 0 atom stereocenters. The van der Waals surface area contributed by atoms with Gasteiger partial charge in [-0.05, 0) is 43.8 Å². The van der Waals surface area contributed by atoms with E-state index in [-0.39, 0.29) is 0 Å². The van der Waals surface area contributed by atoms with E-state index in [4.69, 9.17) is 4.74 Å². The van der Waals surface area contributed by atoms with Crippen LogP contribution in [0.2, 0.25) is 0 Å². The van der Waals surface area contributed by atoms with Crippen molar-refractivity contribution in [1.29, 1.82) is 0 Å². The van der Waals surface area contributed by atoms with Crippen LogP contribution >= 0.6 is 0 Å². The van der Waals surface area contributed by atoms with Crippen molar-refractivity contribution in [2.45, 2.75) is 13.8 Å². The summed E-state index contributed by atoms with van der Waals surface area (Å²) in [5, 5.41) is 0. The fraction of sp³-hybridized carbons (Fsp3) is 0.308. The summed E-state index contributed by atoms with van der Waals surface area (Å²) in [7, 11) is -1.74. The molecule has 0 unspecified atom stereocenters. The van der Waals surface area contributed by atoms with E-state index in [9.17, 15) is 8.42 Å². The van der Waals surface area contributed by atoms with Gasteiger partial charge in [-0.15, -0.1) is 0 Å². The molecule has 0 aliphatic carbocycles. The van der Waals surface area contributed by atoms with E-state index in [2.05, 4.69) is 16.4 Å². The second-order valence-electron chi connectivity index (χ2n) is 4.20. The zero-order chi connectivity index (χ0) is 14.6. The molecule has 0 saturated carbocycles. The number of sulfonamides is 1. The third-order valence-corrected chi connectivity index (χ3v) is 3.20. The van der Waals surface area contributed by atoms with Gasteiger partial charge in [-0.2, -0.15) is 0 Å². The molecule has 0 fully saturated rings. The SMILES string of the molecule is C=N/C(OC)=C(\C)c1ccc(NS(C)(=O)=O)cc1C. The first-order valence-electron chi connectivity index (χ1n) is 5.59. The van der Waals surface area contributed by atoms with E-state index < -0.39 is 10.0 Å². The molecule has 0 aliphatic heterocycles. The van der Waals surface area contributed by atoms with Gasteiger partial charge in [0, 0.05) is 11.3 Å². The lowest BCUT2D eigenvalue weighted by Crippen LogP contribution is -2.09. The Labute approximate surface area is 114 Å². The Kier molecular flexibility index (Phi) is 4.72. The summed E-state index contributed by atoms with van der Waals surface area (Å²) >= 11 is 0. The van der Waals surface area contributed by atoms with Crippen molar-refractivity contribution >= 4 is 28.0 Å². The van der Waals surface area contributed by atoms with E-state index in [0.717, 1.165) is 23.0 Å². The van der Waals surface area contributed by atoms with Gasteiger partial charge in [0.2, 0.25) is 15.9 Å². The number of benzene rings is 1. The number of anilines is 1. The highest BCUT2D eigenvalue weighted by molar-refractivity contribution is 7.92. The predicted octanol–water partition coefficient (Wildman–Crippen LogP) is 2.40. The summed E-state index contributed by atoms with van der Waals surface area (Å²) in [6.45, 7) is 7.22. The van der Waals surface area contributed by atoms with Gasteiger partial charge in [-0.1, -0.05) is 6.07 Å². The molecule has 0 heterocycles. The molecule has 0 aromatic heterocycles. The number of rotatable bonds is 5. The van der Waals surface area contributed by atoms with Crippen LogP contribution in [0.4, 0.5) is 5.69 Å². The van der Waals surface area contributed by atoms with Crippen LogP contribution in [-0.2, 0) is 14.8 Å². The third kappa shape index (κ3) is 4.10. The summed E-state index contributed by atoms with van der Waals surface area (Å²) in [5.41, 5.74) is 3.23. The minimum atomic E-state index is -3.27. The molecule has 0 spiro atoms. The molecule has 0 radical (unpaired) electrons. The van der Waals surface area contributed by atoms with Crippen LogP contribution in [0.15, 0.2) is 29.1 Å². The maximum atomic E-state index is 11.2. The van der Waals surface area contributed by atoms with Gasteiger partial charge in [-0.25, -0.2) is 13.4 Å². The van der Waals surface area contributed by atoms with Gasteiger partial charge in [0.15, 0.2) is 0 Å². The lowest BCUT2D eigenvalue weighted by atomic mass is 10.0. The number of ether oxygens (including phenoxy) is 1. The van der Waals surface area contributed by atoms with Gasteiger partial charge in [0.25, 0.3) is 0 Å². The molecule has 104 valence electrons. The van der Waals surface area contributed by atoms with Gasteiger partial charge in [0.05, 0.1) is 13.4 Å². The lowest BCUT2D eigenvalue weighted by Gasteiger charge is -2.11. The summed E-state index contributed by atoms with van der Waals surface area (Å²) in [6, 6.07) is 5.28. The Bertz CT molecular complexity index is 619. The van der Waals surface area contributed by atoms with E-state index >= 15 is 0 Å². The molecule has 0 saturated heterocycles. The first kappa shape index (κ1) is 15.2. The van der Waals surface area contributed by atoms with Gasteiger partial charge < -0.3 is 4.74 Å². The Balaban J connectivity index is 3.21. The molecule has 5 nitrogen and oxygen atoms in total. The van der Waals surface area contributed by atoms with Crippen molar-refractivity contribution in [3.05, 3.63) is 35.2 Å². The number of hydrogen-bond acceptors (Lipinski definition) is 4. The van der Waals surface area contributed by atoms with Crippen LogP contribution in [0, 0.1) is 6.92 Å². The Morgan fingerprint density at radius 2 is 2.05 bits per heavy atom. The van der Waals surface area contributed by atoms with E-state index in [1.54, 1.807) is 12.1 Å². The van der Waals surface area contributed by atoms with Crippen molar-refractivity contribution in [2.75, 3.05) is 18.1 Å². The molecule has 0 aliphatic rings. The molecule has 1 rings (SSSR count). The molecule has 1 N–H and O–H groups in total. The highest BCUT2D eigenvalue weighted by atomic mass is 32.2. The normalized spacial score (nSPS) is 12.6. The molecular formula is C13H18N2O3S. The van der Waals surface area contributed by atoms with Crippen LogP contribution in [0.1, 0.15) is 18.1 Å². The fourth-order valence-electron chi connectivity index (χ4n) is 1.81. The minimum Gasteiger partial charge on any atom is -0.481 e. The molecule has 1 aromatic carbocycles. The van der Waals surface area contributed by atoms with Crippen molar-refractivity contribution < 1.29 is 13.2 Å². The van der Waals surface area contributed by atoms with Crippen molar-refractivity contribution in [3.63, 3.8) is 0 Å². The summed E-state index contributed by atoms with van der Waals surface area (Å²) in [5.74, 6) is 0.451. The van der Waals surface area contributed by atoms with E-state index in [1.165, 1.54) is 7.11 Å². The van der Waals surface area contributed by atoms with Gasteiger partial charge in [-0.3, -0.25) is 4.72 Å².